The summed E-state index contributed by atoms with van der Waals surface area (Å²) in [4.78, 5) is 2.64. The second kappa shape index (κ2) is 7.50. The number of aromatic hydroxyl groups is 1. The number of hydrogen-bond donors (Lipinski definition) is 1. The van der Waals surface area contributed by atoms with E-state index in [-0.39, 0.29) is 5.41 Å². The molecule has 1 fully saturated rings. The molecule has 0 aliphatic carbocycles. The van der Waals surface area contributed by atoms with Crippen LogP contribution in [0.25, 0.3) is 0 Å². The van der Waals surface area contributed by atoms with Gasteiger partial charge < -0.3 is 10.0 Å². The van der Waals surface area contributed by atoms with Crippen LogP contribution in [0.2, 0.25) is 0 Å². The molecular formula is C20H33NO. The number of unbranched alkanes of at least 4 members (excludes halogenated alkanes) is 3. The van der Waals surface area contributed by atoms with Crippen LogP contribution in [0.4, 0.5) is 0 Å². The van der Waals surface area contributed by atoms with Crippen molar-refractivity contribution >= 4 is 0 Å². The van der Waals surface area contributed by atoms with Crippen molar-refractivity contribution in [1.82, 2.24) is 4.90 Å². The summed E-state index contributed by atoms with van der Waals surface area (Å²) in [6.45, 7) is 12.6. The first kappa shape index (κ1) is 17.3. The van der Waals surface area contributed by atoms with E-state index in [1.807, 2.05) is 13.0 Å². The first-order chi connectivity index (χ1) is 10.5. The molecule has 2 heteroatoms. The molecular weight excluding hydrogens is 270 g/mol. The summed E-state index contributed by atoms with van der Waals surface area (Å²) >= 11 is 0. The summed E-state index contributed by atoms with van der Waals surface area (Å²) in [5, 5.41) is 10.0. The maximum absolute atomic E-state index is 10.0. The number of benzene rings is 1. The molecule has 1 aliphatic heterocycles. The van der Waals surface area contributed by atoms with Crippen molar-refractivity contribution in [1.29, 1.82) is 0 Å². The predicted molar refractivity (Wildman–Crippen MR) is 94.6 cm³/mol. The van der Waals surface area contributed by atoms with Crippen molar-refractivity contribution in [2.75, 3.05) is 19.6 Å². The van der Waals surface area contributed by atoms with Crippen LogP contribution in [-0.2, 0) is 5.41 Å². The van der Waals surface area contributed by atoms with Gasteiger partial charge in [-0.1, -0.05) is 52.2 Å². The molecule has 1 N–H and O–H groups in total. The molecule has 0 bridgehead atoms. The lowest BCUT2D eigenvalue weighted by molar-refractivity contribution is 0.109. The molecule has 0 amide bonds. The standard InChI is InChI=1S/C20H33NO/c1-5-6-7-8-12-21-13-11-20(4,17(3)15-21)18-10-9-16(2)19(22)14-18/h9-10,14,17,22H,5-8,11-13,15H2,1-4H3. The summed E-state index contributed by atoms with van der Waals surface area (Å²) < 4.78 is 0. The lowest BCUT2D eigenvalue weighted by Gasteiger charge is -2.45. The molecule has 1 saturated heterocycles. The zero-order valence-corrected chi connectivity index (χ0v) is 14.9. The fourth-order valence-corrected chi connectivity index (χ4v) is 3.68. The van der Waals surface area contributed by atoms with Gasteiger partial charge in [-0.15, -0.1) is 0 Å². The van der Waals surface area contributed by atoms with E-state index in [1.54, 1.807) is 0 Å². The largest absolute Gasteiger partial charge is 0.508 e. The van der Waals surface area contributed by atoms with Crippen LogP contribution < -0.4 is 0 Å². The Labute approximate surface area is 136 Å². The lowest BCUT2D eigenvalue weighted by Crippen LogP contribution is -2.47. The summed E-state index contributed by atoms with van der Waals surface area (Å²) in [7, 11) is 0. The van der Waals surface area contributed by atoms with Crippen molar-refractivity contribution < 1.29 is 5.11 Å². The highest BCUT2D eigenvalue weighted by atomic mass is 16.3. The number of piperidine rings is 1. The van der Waals surface area contributed by atoms with Gasteiger partial charge in [0.25, 0.3) is 0 Å². The van der Waals surface area contributed by atoms with Crippen molar-refractivity contribution in [3.05, 3.63) is 29.3 Å². The van der Waals surface area contributed by atoms with Crippen LogP contribution in [0.15, 0.2) is 18.2 Å². The highest BCUT2D eigenvalue weighted by Crippen LogP contribution is 2.40. The quantitative estimate of drug-likeness (QED) is 0.757. The molecule has 22 heavy (non-hydrogen) atoms. The van der Waals surface area contributed by atoms with E-state index >= 15 is 0 Å². The number of hydrogen-bond acceptors (Lipinski definition) is 2. The molecule has 124 valence electrons. The molecule has 1 heterocycles. The minimum absolute atomic E-state index is 0.186. The number of phenolic OH excluding ortho intramolecular Hbond substituents is 1. The molecule has 2 nitrogen and oxygen atoms in total. The molecule has 0 spiro atoms. The highest BCUT2D eigenvalue weighted by molar-refractivity contribution is 5.39. The van der Waals surface area contributed by atoms with Crippen LogP contribution in [-0.4, -0.2) is 29.6 Å². The van der Waals surface area contributed by atoms with Gasteiger partial charge in [-0.05, 0) is 61.4 Å². The summed E-state index contributed by atoms with van der Waals surface area (Å²) in [5.41, 5.74) is 2.45. The minimum atomic E-state index is 0.186. The predicted octanol–water partition coefficient (Wildman–Crippen LogP) is 4.88. The monoisotopic (exact) mass is 303 g/mol. The molecule has 2 atom stereocenters. The molecule has 2 unspecified atom stereocenters. The Balaban J connectivity index is 1.98. The zero-order valence-electron chi connectivity index (χ0n) is 14.9. The van der Waals surface area contributed by atoms with Crippen molar-refractivity contribution in [2.24, 2.45) is 5.92 Å². The number of aryl methyl sites for hydroxylation is 1. The maximum atomic E-state index is 10.0. The Bertz CT molecular complexity index is 485. The molecule has 1 aromatic carbocycles. The van der Waals surface area contributed by atoms with Gasteiger partial charge in [0.2, 0.25) is 0 Å². The number of likely N-dealkylation sites (tertiary alicyclic amines) is 1. The first-order valence-corrected chi connectivity index (χ1v) is 9.00. The van der Waals surface area contributed by atoms with E-state index in [9.17, 15) is 5.11 Å². The van der Waals surface area contributed by atoms with Gasteiger partial charge in [-0.3, -0.25) is 0 Å². The van der Waals surface area contributed by atoms with E-state index in [0.29, 0.717) is 11.7 Å². The highest BCUT2D eigenvalue weighted by Gasteiger charge is 2.37. The number of rotatable bonds is 6. The van der Waals surface area contributed by atoms with Crippen LogP contribution in [0.5, 0.6) is 5.75 Å². The van der Waals surface area contributed by atoms with Crippen LogP contribution in [0, 0.1) is 12.8 Å². The number of phenols is 1. The second-order valence-corrected chi connectivity index (χ2v) is 7.43. The van der Waals surface area contributed by atoms with Gasteiger partial charge in [0, 0.05) is 6.54 Å². The minimum Gasteiger partial charge on any atom is -0.508 e. The third-order valence-electron chi connectivity index (χ3n) is 5.76. The van der Waals surface area contributed by atoms with Gasteiger partial charge in [0.15, 0.2) is 0 Å². The van der Waals surface area contributed by atoms with Crippen molar-refractivity contribution in [3.8, 4) is 5.75 Å². The molecule has 0 aromatic heterocycles. The Morgan fingerprint density at radius 3 is 2.68 bits per heavy atom. The Morgan fingerprint density at radius 1 is 1.27 bits per heavy atom. The zero-order chi connectivity index (χ0) is 16.2. The molecule has 0 radical (unpaired) electrons. The summed E-state index contributed by atoms with van der Waals surface area (Å²) in [6.07, 6.45) is 6.56. The van der Waals surface area contributed by atoms with Gasteiger partial charge in [-0.25, -0.2) is 0 Å². The fraction of sp³-hybridized carbons (Fsp3) is 0.700. The van der Waals surface area contributed by atoms with Crippen LogP contribution >= 0.6 is 0 Å². The maximum Gasteiger partial charge on any atom is 0.118 e. The average Bonchev–Trinajstić information content (AvgIpc) is 2.50. The van der Waals surface area contributed by atoms with E-state index in [4.69, 9.17) is 0 Å². The van der Waals surface area contributed by atoms with Gasteiger partial charge >= 0.3 is 0 Å². The van der Waals surface area contributed by atoms with Crippen LogP contribution in [0.3, 0.4) is 0 Å². The van der Waals surface area contributed by atoms with Gasteiger partial charge in [-0.2, -0.15) is 0 Å². The molecule has 0 saturated carbocycles. The fourth-order valence-electron chi connectivity index (χ4n) is 3.68. The Hall–Kier alpha value is -1.02. The summed E-state index contributed by atoms with van der Waals surface area (Å²) in [5.74, 6) is 1.06. The molecule has 1 aliphatic rings. The van der Waals surface area contributed by atoms with Gasteiger partial charge in [0.1, 0.15) is 5.75 Å². The molecule has 2 rings (SSSR count). The van der Waals surface area contributed by atoms with E-state index in [1.165, 1.54) is 57.3 Å². The number of nitrogens with zero attached hydrogens (tertiary/aromatic N) is 1. The Morgan fingerprint density at radius 2 is 2.05 bits per heavy atom. The normalized spacial score (nSPS) is 26.3. The lowest BCUT2D eigenvalue weighted by atomic mass is 9.68. The second-order valence-electron chi connectivity index (χ2n) is 7.43. The SMILES string of the molecule is CCCCCCN1CCC(C)(c2ccc(C)c(O)c2)C(C)C1. The third kappa shape index (κ3) is 3.84. The third-order valence-corrected chi connectivity index (χ3v) is 5.76. The van der Waals surface area contributed by atoms with Gasteiger partial charge in [0.05, 0.1) is 0 Å². The van der Waals surface area contributed by atoms with Crippen molar-refractivity contribution in [2.45, 2.75) is 65.2 Å². The van der Waals surface area contributed by atoms with Crippen LogP contribution in [0.1, 0.15) is 64.0 Å². The average molecular weight is 303 g/mol. The topological polar surface area (TPSA) is 23.5 Å². The first-order valence-electron chi connectivity index (χ1n) is 9.00. The Kier molecular flexibility index (Phi) is 5.91. The van der Waals surface area contributed by atoms with E-state index in [0.717, 1.165) is 5.56 Å². The van der Waals surface area contributed by atoms with E-state index in [2.05, 4.69) is 37.8 Å². The smallest absolute Gasteiger partial charge is 0.118 e. The van der Waals surface area contributed by atoms with Crippen molar-refractivity contribution in [3.63, 3.8) is 0 Å². The molecule has 1 aromatic rings. The van der Waals surface area contributed by atoms with E-state index < -0.39 is 0 Å². The summed E-state index contributed by atoms with van der Waals surface area (Å²) in [6, 6.07) is 6.25.